The molecule has 0 atom stereocenters. The molecule has 3 aromatic rings. The van der Waals surface area contributed by atoms with Crippen molar-refractivity contribution in [1.29, 1.82) is 0 Å². The zero-order valence-corrected chi connectivity index (χ0v) is 17.2. The average Bonchev–Trinajstić information content (AvgIpc) is 3.62. The Labute approximate surface area is 180 Å². The highest BCUT2D eigenvalue weighted by Crippen LogP contribution is 2.40. The average molecular weight is 417 g/mol. The molecule has 158 valence electrons. The first-order chi connectivity index (χ1) is 15.1. The molecule has 1 aliphatic carbocycles. The summed E-state index contributed by atoms with van der Waals surface area (Å²) in [5, 5.41) is 9.67. The molecule has 2 aromatic carbocycles. The molecule has 2 heterocycles. The summed E-state index contributed by atoms with van der Waals surface area (Å²) in [5.74, 6) is 1.30. The Hall–Kier alpha value is -3.28. The van der Waals surface area contributed by atoms with E-state index in [2.05, 4.69) is 0 Å². The molecule has 1 fully saturated rings. The van der Waals surface area contributed by atoms with E-state index in [4.69, 9.17) is 9.97 Å². The van der Waals surface area contributed by atoms with Gasteiger partial charge in [-0.1, -0.05) is 12.1 Å². The number of aromatic hydroxyl groups is 1. The van der Waals surface area contributed by atoms with Crippen LogP contribution in [0, 0.1) is 5.82 Å². The molecule has 2 aliphatic rings. The van der Waals surface area contributed by atoms with Gasteiger partial charge in [0.25, 0.3) is 0 Å². The molecular weight excluding hydrogens is 393 g/mol. The Bertz CT molecular complexity index is 1110. The number of aromatic nitrogens is 2. The van der Waals surface area contributed by atoms with Crippen LogP contribution in [0.25, 0.3) is 11.3 Å². The topological polar surface area (TPSA) is 66.3 Å². The van der Waals surface area contributed by atoms with Crippen LogP contribution in [0.3, 0.4) is 0 Å². The largest absolute Gasteiger partial charge is 0.508 e. The maximum atomic E-state index is 13.2. The van der Waals surface area contributed by atoms with Gasteiger partial charge in [-0.05, 0) is 61.2 Å². The fourth-order valence-corrected chi connectivity index (χ4v) is 4.14. The highest BCUT2D eigenvalue weighted by molar-refractivity contribution is 5.79. The van der Waals surface area contributed by atoms with Gasteiger partial charge in [0.2, 0.25) is 5.91 Å². The highest BCUT2D eigenvalue weighted by atomic mass is 19.1. The second-order valence-corrected chi connectivity index (χ2v) is 8.36. The normalized spacial score (nSPS) is 16.0. The van der Waals surface area contributed by atoms with E-state index in [9.17, 15) is 14.3 Å². The molecule has 1 amide bonds. The van der Waals surface area contributed by atoms with Crippen LogP contribution < -0.4 is 0 Å². The number of carbonyl (C=O) groups excluding carboxylic acids is 1. The number of fused-ring (bicyclic) bond motifs is 1. The van der Waals surface area contributed by atoms with Crippen molar-refractivity contribution in [2.45, 2.75) is 38.0 Å². The first kappa shape index (κ1) is 19.7. The van der Waals surface area contributed by atoms with E-state index in [0.717, 1.165) is 46.7 Å². The maximum Gasteiger partial charge on any atom is 0.227 e. The van der Waals surface area contributed by atoms with Gasteiger partial charge in [-0.2, -0.15) is 0 Å². The monoisotopic (exact) mass is 417 g/mol. The van der Waals surface area contributed by atoms with Gasteiger partial charge in [0.1, 0.15) is 17.4 Å². The number of amides is 1. The second-order valence-electron chi connectivity index (χ2n) is 8.36. The smallest absolute Gasteiger partial charge is 0.227 e. The van der Waals surface area contributed by atoms with Crippen molar-refractivity contribution >= 4 is 5.91 Å². The molecule has 6 heteroatoms. The van der Waals surface area contributed by atoms with Crippen molar-refractivity contribution in [3.63, 3.8) is 0 Å². The van der Waals surface area contributed by atoms with Crippen LogP contribution in [0.4, 0.5) is 4.39 Å². The van der Waals surface area contributed by atoms with Crippen LogP contribution in [0.15, 0.2) is 48.5 Å². The van der Waals surface area contributed by atoms with E-state index in [1.54, 1.807) is 24.3 Å². The van der Waals surface area contributed by atoms with Crippen molar-refractivity contribution in [1.82, 2.24) is 14.9 Å². The Morgan fingerprint density at radius 1 is 1.00 bits per heavy atom. The zero-order chi connectivity index (χ0) is 21.4. The van der Waals surface area contributed by atoms with E-state index < -0.39 is 0 Å². The van der Waals surface area contributed by atoms with E-state index >= 15 is 0 Å². The van der Waals surface area contributed by atoms with Gasteiger partial charge < -0.3 is 10.0 Å². The number of rotatable bonds is 4. The number of halogens is 1. The summed E-state index contributed by atoms with van der Waals surface area (Å²) < 4.78 is 13.2. The van der Waals surface area contributed by atoms with Gasteiger partial charge >= 0.3 is 0 Å². The Balaban J connectivity index is 1.41. The van der Waals surface area contributed by atoms with Crippen LogP contribution in [0.2, 0.25) is 0 Å². The van der Waals surface area contributed by atoms with Gasteiger partial charge in [-0.25, -0.2) is 14.4 Å². The van der Waals surface area contributed by atoms with Crippen molar-refractivity contribution in [3.8, 4) is 17.0 Å². The van der Waals surface area contributed by atoms with Gasteiger partial charge in [0.05, 0.1) is 12.1 Å². The Morgan fingerprint density at radius 3 is 2.42 bits per heavy atom. The second kappa shape index (κ2) is 8.10. The summed E-state index contributed by atoms with van der Waals surface area (Å²) in [6.45, 7) is 1.22. The summed E-state index contributed by atoms with van der Waals surface area (Å²) in [6, 6.07) is 13.2. The predicted octanol–water partition coefficient (Wildman–Crippen LogP) is 4.04. The lowest BCUT2D eigenvalue weighted by Gasteiger charge is -2.20. The number of benzene rings is 2. The van der Waals surface area contributed by atoms with E-state index in [0.29, 0.717) is 31.8 Å². The lowest BCUT2D eigenvalue weighted by Crippen LogP contribution is -2.34. The van der Waals surface area contributed by atoms with Crippen molar-refractivity contribution in [3.05, 3.63) is 77.0 Å². The minimum Gasteiger partial charge on any atom is -0.508 e. The summed E-state index contributed by atoms with van der Waals surface area (Å²) >= 11 is 0. The quantitative estimate of drug-likeness (QED) is 0.696. The molecule has 31 heavy (non-hydrogen) atoms. The van der Waals surface area contributed by atoms with Crippen LogP contribution in [0.1, 0.15) is 41.4 Å². The molecule has 0 saturated heterocycles. The molecule has 1 saturated carbocycles. The first-order valence-electron chi connectivity index (χ1n) is 10.8. The molecular formula is C25H24FN3O2. The fourth-order valence-electron chi connectivity index (χ4n) is 4.14. The number of carbonyl (C=O) groups is 1. The molecule has 1 N–H and O–H groups in total. The minimum atomic E-state index is -0.298. The summed E-state index contributed by atoms with van der Waals surface area (Å²) in [5.41, 5.74) is 4.81. The summed E-state index contributed by atoms with van der Waals surface area (Å²) in [4.78, 5) is 24.6. The molecule has 1 aromatic heterocycles. The fraction of sp³-hybridized carbons (Fsp3) is 0.320. The van der Waals surface area contributed by atoms with Gasteiger partial charge in [-0.3, -0.25) is 4.79 Å². The first-order valence-corrected chi connectivity index (χ1v) is 10.8. The zero-order valence-electron chi connectivity index (χ0n) is 17.2. The predicted molar refractivity (Wildman–Crippen MR) is 115 cm³/mol. The van der Waals surface area contributed by atoms with Crippen LogP contribution >= 0.6 is 0 Å². The maximum absolute atomic E-state index is 13.2. The van der Waals surface area contributed by atoms with Crippen LogP contribution in [0.5, 0.6) is 5.75 Å². The third-order valence-electron chi connectivity index (χ3n) is 6.06. The molecule has 0 spiro atoms. The third kappa shape index (κ3) is 4.29. The van der Waals surface area contributed by atoms with Crippen molar-refractivity contribution in [2.24, 2.45) is 0 Å². The number of phenols is 1. The standard InChI is InChI=1S/C25H24FN3O2/c26-19-7-1-16(2-8-19)15-23(31)29-13-11-21-22(12-14-29)27-25(18-3-4-18)28-24(21)17-5-9-20(30)10-6-17/h1-2,5-10,18,30H,3-4,11-15H2. The minimum absolute atomic E-state index is 0.0426. The molecule has 5 rings (SSSR count). The number of hydrogen-bond donors (Lipinski definition) is 1. The van der Waals surface area contributed by atoms with Gasteiger partial charge in [0, 0.05) is 42.2 Å². The molecule has 0 unspecified atom stereocenters. The third-order valence-corrected chi connectivity index (χ3v) is 6.06. The number of hydrogen-bond acceptors (Lipinski definition) is 4. The summed E-state index contributed by atoms with van der Waals surface area (Å²) in [7, 11) is 0. The lowest BCUT2D eigenvalue weighted by molar-refractivity contribution is -0.130. The number of nitrogens with zero attached hydrogens (tertiary/aromatic N) is 3. The van der Waals surface area contributed by atoms with E-state index in [1.807, 2.05) is 17.0 Å². The Kier molecular flexibility index (Phi) is 5.14. The van der Waals surface area contributed by atoms with E-state index in [-0.39, 0.29) is 23.9 Å². The van der Waals surface area contributed by atoms with E-state index in [1.165, 1.54) is 12.1 Å². The molecule has 0 bridgehead atoms. The van der Waals surface area contributed by atoms with Gasteiger partial charge in [0.15, 0.2) is 0 Å². The summed E-state index contributed by atoms with van der Waals surface area (Å²) in [6.07, 6.45) is 3.89. The highest BCUT2D eigenvalue weighted by Gasteiger charge is 2.30. The van der Waals surface area contributed by atoms with Crippen LogP contribution in [-0.4, -0.2) is 39.0 Å². The lowest BCUT2D eigenvalue weighted by atomic mass is 10.0. The van der Waals surface area contributed by atoms with Crippen molar-refractivity contribution < 1.29 is 14.3 Å². The van der Waals surface area contributed by atoms with Crippen molar-refractivity contribution in [2.75, 3.05) is 13.1 Å². The van der Waals surface area contributed by atoms with Gasteiger partial charge in [-0.15, -0.1) is 0 Å². The molecule has 5 nitrogen and oxygen atoms in total. The molecule has 1 aliphatic heterocycles. The SMILES string of the molecule is O=C(Cc1ccc(F)cc1)N1CCc2nc(C3CC3)nc(-c3ccc(O)cc3)c2CC1. The Morgan fingerprint density at radius 2 is 1.71 bits per heavy atom. The van der Waals surface area contributed by atoms with Crippen LogP contribution in [-0.2, 0) is 24.1 Å². The number of phenolic OH excluding ortho intramolecular Hbond substituents is 1. The molecule has 0 radical (unpaired) electrons.